The summed E-state index contributed by atoms with van der Waals surface area (Å²) in [6.07, 6.45) is -3.59. The second-order valence-corrected chi connectivity index (χ2v) is 6.64. The molecule has 0 spiro atoms. The highest BCUT2D eigenvalue weighted by molar-refractivity contribution is 6.42. The van der Waals surface area contributed by atoms with Crippen LogP contribution in [0.4, 0.5) is 23.7 Å². The number of methoxy groups -OCH3 is 2. The Labute approximate surface area is 179 Å². The zero-order chi connectivity index (χ0) is 22.9. The molecule has 4 amide bonds. The fourth-order valence-electron chi connectivity index (χ4n) is 2.83. The SMILES string of the molecule is COc1ccc(C=C2C(=O)NC(=O)N(c3cc(C(F)(F)F)ccc3Cl)C2=O)c(OC)c1. The number of ether oxygens (including phenoxy) is 2. The zero-order valence-electron chi connectivity index (χ0n) is 16.0. The van der Waals surface area contributed by atoms with Gasteiger partial charge in [-0.3, -0.25) is 14.9 Å². The lowest BCUT2D eigenvalue weighted by Crippen LogP contribution is -2.54. The third-order valence-electron chi connectivity index (χ3n) is 4.36. The van der Waals surface area contributed by atoms with E-state index in [9.17, 15) is 27.6 Å². The molecule has 31 heavy (non-hydrogen) atoms. The van der Waals surface area contributed by atoms with Gasteiger partial charge in [0.15, 0.2) is 0 Å². The van der Waals surface area contributed by atoms with Crippen molar-refractivity contribution in [2.45, 2.75) is 6.18 Å². The summed E-state index contributed by atoms with van der Waals surface area (Å²) in [5.41, 5.74) is -1.84. The lowest BCUT2D eigenvalue weighted by atomic mass is 10.1. The molecule has 1 fully saturated rings. The van der Waals surface area contributed by atoms with Gasteiger partial charge in [-0.15, -0.1) is 0 Å². The van der Waals surface area contributed by atoms with E-state index in [0.717, 1.165) is 12.1 Å². The normalized spacial score (nSPS) is 15.9. The van der Waals surface area contributed by atoms with Crippen LogP contribution in [-0.4, -0.2) is 32.1 Å². The van der Waals surface area contributed by atoms with Gasteiger partial charge in [-0.25, -0.2) is 9.69 Å². The summed E-state index contributed by atoms with van der Waals surface area (Å²) in [5.74, 6) is -1.46. The van der Waals surface area contributed by atoms with Gasteiger partial charge in [0, 0.05) is 11.6 Å². The number of alkyl halides is 3. The minimum atomic E-state index is -4.74. The fraction of sp³-hybridized carbons (Fsp3) is 0.150. The molecule has 0 bridgehead atoms. The number of benzene rings is 2. The number of amides is 4. The topological polar surface area (TPSA) is 84.9 Å². The second-order valence-electron chi connectivity index (χ2n) is 6.23. The maximum Gasteiger partial charge on any atom is 0.416 e. The van der Waals surface area contributed by atoms with Gasteiger partial charge in [0.25, 0.3) is 11.8 Å². The molecule has 2 aromatic carbocycles. The molecule has 0 radical (unpaired) electrons. The van der Waals surface area contributed by atoms with Gasteiger partial charge in [-0.1, -0.05) is 11.6 Å². The summed E-state index contributed by atoms with van der Waals surface area (Å²) in [5, 5.41) is 1.64. The van der Waals surface area contributed by atoms with Crippen LogP contribution in [0.25, 0.3) is 6.08 Å². The van der Waals surface area contributed by atoms with Crippen LogP contribution in [0, 0.1) is 0 Å². The van der Waals surface area contributed by atoms with Crippen LogP contribution in [0.1, 0.15) is 11.1 Å². The van der Waals surface area contributed by atoms with Gasteiger partial charge in [0.05, 0.1) is 30.5 Å². The van der Waals surface area contributed by atoms with Gasteiger partial charge in [-0.05, 0) is 36.4 Å². The van der Waals surface area contributed by atoms with E-state index in [-0.39, 0.29) is 10.8 Å². The van der Waals surface area contributed by atoms with Gasteiger partial charge in [0.2, 0.25) is 0 Å². The van der Waals surface area contributed by atoms with Gasteiger partial charge >= 0.3 is 12.2 Å². The molecular formula is C20H14ClF3N2O5. The molecule has 1 aliphatic rings. The number of urea groups is 1. The van der Waals surface area contributed by atoms with Crippen LogP contribution >= 0.6 is 11.6 Å². The Balaban J connectivity index is 2.09. The van der Waals surface area contributed by atoms with E-state index >= 15 is 0 Å². The smallest absolute Gasteiger partial charge is 0.416 e. The highest BCUT2D eigenvalue weighted by Gasteiger charge is 2.39. The number of barbiturate groups is 1. The van der Waals surface area contributed by atoms with E-state index in [1.165, 1.54) is 26.4 Å². The Morgan fingerprint density at radius 1 is 1.03 bits per heavy atom. The molecule has 1 saturated heterocycles. The zero-order valence-corrected chi connectivity index (χ0v) is 16.8. The molecule has 2 aromatic rings. The Morgan fingerprint density at radius 3 is 2.35 bits per heavy atom. The number of nitrogens with zero attached hydrogens (tertiary/aromatic N) is 1. The number of hydrogen-bond donors (Lipinski definition) is 1. The minimum absolute atomic E-state index is 0.257. The van der Waals surface area contributed by atoms with Crippen LogP contribution in [0.5, 0.6) is 11.5 Å². The average Bonchev–Trinajstić information content (AvgIpc) is 2.71. The van der Waals surface area contributed by atoms with Gasteiger partial charge in [-0.2, -0.15) is 13.2 Å². The molecule has 1 heterocycles. The lowest BCUT2D eigenvalue weighted by Gasteiger charge is -2.27. The predicted octanol–water partition coefficient (Wildman–Crippen LogP) is 4.04. The van der Waals surface area contributed by atoms with Crippen LogP contribution in [0.15, 0.2) is 42.0 Å². The fourth-order valence-corrected chi connectivity index (χ4v) is 3.03. The number of halogens is 4. The molecule has 162 valence electrons. The Morgan fingerprint density at radius 2 is 1.74 bits per heavy atom. The number of anilines is 1. The molecular weight excluding hydrogens is 441 g/mol. The molecule has 3 rings (SSSR count). The summed E-state index contributed by atoms with van der Waals surface area (Å²) >= 11 is 5.96. The maximum absolute atomic E-state index is 13.1. The van der Waals surface area contributed by atoms with Crippen molar-refractivity contribution in [3.63, 3.8) is 0 Å². The van der Waals surface area contributed by atoms with E-state index in [1.807, 2.05) is 5.32 Å². The van der Waals surface area contributed by atoms with E-state index in [1.54, 1.807) is 6.07 Å². The summed E-state index contributed by atoms with van der Waals surface area (Å²) in [6.45, 7) is 0. The van der Waals surface area contributed by atoms with E-state index in [2.05, 4.69) is 0 Å². The standard InChI is InChI=1S/C20H14ClF3N2O5/c1-30-12-5-3-10(16(9-12)31-2)7-13-17(27)25-19(29)26(18(13)28)15-8-11(20(22,23)24)4-6-14(15)21/h3-9H,1-2H3,(H,25,27,29). The van der Waals surface area contributed by atoms with E-state index in [0.29, 0.717) is 28.3 Å². The largest absolute Gasteiger partial charge is 0.497 e. The molecule has 0 atom stereocenters. The van der Waals surface area contributed by atoms with Crippen molar-refractivity contribution in [3.8, 4) is 11.5 Å². The Bertz CT molecular complexity index is 1110. The highest BCUT2D eigenvalue weighted by Crippen LogP contribution is 2.37. The maximum atomic E-state index is 13.1. The average molecular weight is 455 g/mol. The first-order chi connectivity index (χ1) is 14.6. The number of rotatable bonds is 4. The first-order valence-corrected chi connectivity index (χ1v) is 8.95. The molecule has 1 aliphatic heterocycles. The van der Waals surface area contributed by atoms with Crippen molar-refractivity contribution in [1.82, 2.24) is 5.32 Å². The molecule has 11 heteroatoms. The number of carbonyl (C=O) groups excluding carboxylic acids is 3. The van der Waals surface area contributed by atoms with Gasteiger partial charge < -0.3 is 9.47 Å². The molecule has 7 nitrogen and oxygen atoms in total. The van der Waals surface area contributed by atoms with Crippen LogP contribution in [0.3, 0.4) is 0 Å². The van der Waals surface area contributed by atoms with Crippen LogP contribution in [0.2, 0.25) is 5.02 Å². The summed E-state index contributed by atoms with van der Waals surface area (Å²) in [7, 11) is 2.80. The van der Waals surface area contributed by atoms with E-state index < -0.39 is 40.8 Å². The summed E-state index contributed by atoms with van der Waals surface area (Å²) in [6, 6.07) is 5.51. The molecule has 0 aliphatic carbocycles. The lowest BCUT2D eigenvalue weighted by molar-refractivity contribution is -0.137. The molecule has 0 aromatic heterocycles. The van der Waals surface area contributed by atoms with Crippen molar-refractivity contribution in [2.24, 2.45) is 0 Å². The van der Waals surface area contributed by atoms with Crippen molar-refractivity contribution in [3.05, 3.63) is 58.1 Å². The monoisotopic (exact) mass is 454 g/mol. The minimum Gasteiger partial charge on any atom is -0.497 e. The van der Waals surface area contributed by atoms with Crippen molar-refractivity contribution < 1.29 is 37.0 Å². The van der Waals surface area contributed by atoms with Crippen molar-refractivity contribution >= 4 is 41.2 Å². The number of hydrogen-bond acceptors (Lipinski definition) is 5. The summed E-state index contributed by atoms with van der Waals surface area (Å²) < 4.78 is 49.6. The molecule has 0 saturated carbocycles. The number of carbonyl (C=O) groups is 3. The first kappa shape index (κ1) is 22.2. The van der Waals surface area contributed by atoms with Crippen molar-refractivity contribution in [1.29, 1.82) is 0 Å². The Kier molecular flexibility index (Phi) is 5.94. The number of nitrogens with one attached hydrogen (secondary N) is 1. The third kappa shape index (κ3) is 4.33. The van der Waals surface area contributed by atoms with Crippen LogP contribution in [-0.2, 0) is 15.8 Å². The predicted molar refractivity (Wildman–Crippen MR) is 105 cm³/mol. The number of imide groups is 2. The highest BCUT2D eigenvalue weighted by atomic mass is 35.5. The Hall–Kier alpha value is -3.53. The van der Waals surface area contributed by atoms with Gasteiger partial charge in [0.1, 0.15) is 17.1 Å². The second kappa shape index (κ2) is 8.31. The molecule has 1 N–H and O–H groups in total. The summed E-state index contributed by atoms with van der Waals surface area (Å²) in [4.78, 5) is 37.9. The quantitative estimate of drug-likeness (QED) is 0.556. The van der Waals surface area contributed by atoms with Crippen LogP contribution < -0.4 is 19.7 Å². The van der Waals surface area contributed by atoms with Crippen molar-refractivity contribution in [2.75, 3.05) is 19.1 Å². The first-order valence-electron chi connectivity index (χ1n) is 8.57. The van der Waals surface area contributed by atoms with E-state index in [4.69, 9.17) is 21.1 Å². The molecule has 0 unspecified atom stereocenters. The third-order valence-corrected chi connectivity index (χ3v) is 4.68.